The molecule has 6 nitrogen and oxygen atoms in total. The van der Waals surface area contributed by atoms with Gasteiger partial charge in [-0.15, -0.1) is 12.4 Å². The van der Waals surface area contributed by atoms with Crippen molar-refractivity contribution in [3.05, 3.63) is 71.4 Å². The molecule has 8 heteroatoms. The molecular formula is C22H26ClFN4O2. The molecule has 3 rings (SSSR count). The van der Waals surface area contributed by atoms with E-state index in [1.165, 1.54) is 11.6 Å². The molecule has 2 N–H and O–H groups in total. The van der Waals surface area contributed by atoms with Crippen LogP contribution < -0.4 is 5.73 Å². The van der Waals surface area contributed by atoms with Gasteiger partial charge in [-0.3, -0.25) is 4.79 Å². The van der Waals surface area contributed by atoms with Crippen LogP contribution in [0.15, 0.2) is 53.1 Å². The lowest BCUT2D eigenvalue weighted by Crippen LogP contribution is -2.37. The van der Waals surface area contributed by atoms with Crippen molar-refractivity contribution in [3.8, 4) is 11.4 Å². The first kappa shape index (κ1) is 23.5. The fraction of sp³-hybridized carbons (Fsp3) is 0.318. The standard InChI is InChI=1S/C22H25FN4O2.ClH/c1-16-15-18(7-8-19(16)23)22-25-20(29-26-22)9-10-21(28)27(14-12-24)13-11-17-5-3-2-4-6-17;/h2-8,15H,9-14,24H2,1H3;1H. The Morgan fingerprint density at radius 2 is 1.90 bits per heavy atom. The molecule has 0 spiro atoms. The maximum Gasteiger partial charge on any atom is 0.227 e. The topological polar surface area (TPSA) is 85.2 Å². The van der Waals surface area contributed by atoms with E-state index >= 15 is 0 Å². The van der Waals surface area contributed by atoms with Crippen LogP contribution in [0.25, 0.3) is 11.4 Å². The van der Waals surface area contributed by atoms with Gasteiger partial charge in [0.15, 0.2) is 0 Å². The van der Waals surface area contributed by atoms with Gasteiger partial charge in [-0.05, 0) is 42.7 Å². The van der Waals surface area contributed by atoms with Gasteiger partial charge >= 0.3 is 0 Å². The number of benzene rings is 2. The van der Waals surface area contributed by atoms with Crippen LogP contribution in [0.2, 0.25) is 0 Å². The van der Waals surface area contributed by atoms with E-state index in [0.717, 1.165) is 6.42 Å². The number of amides is 1. The first-order valence-corrected chi connectivity index (χ1v) is 9.67. The first-order valence-electron chi connectivity index (χ1n) is 9.67. The summed E-state index contributed by atoms with van der Waals surface area (Å²) in [4.78, 5) is 18.7. The molecule has 0 aliphatic heterocycles. The summed E-state index contributed by atoms with van der Waals surface area (Å²) >= 11 is 0. The first-order chi connectivity index (χ1) is 14.1. The van der Waals surface area contributed by atoms with Crippen molar-refractivity contribution in [2.24, 2.45) is 5.73 Å². The number of carbonyl (C=O) groups is 1. The second kappa shape index (κ2) is 11.4. The summed E-state index contributed by atoms with van der Waals surface area (Å²) in [6.07, 6.45) is 1.39. The second-order valence-corrected chi connectivity index (χ2v) is 6.88. The zero-order valence-electron chi connectivity index (χ0n) is 16.9. The average molecular weight is 433 g/mol. The van der Waals surface area contributed by atoms with E-state index < -0.39 is 0 Å². The van der Waals surface area contributed by atoms with Crippen LogP contribution in [0.5, 0.6) is 0 Å². The third-order valence-electron chi connectivity index (χ3n) is 4.70. The monoisotopic (exact) mass is 432 g/mol. The van der Waals surface area contributed by atoms with Crippen molar-refractivity contribution in [1.29, 1.82) is 0 Å². The number of halogens is 2. The van der Waals surface area contributed by atoms with E-state index in [-0.39, 0.29) is 30.6 Å². The van der Waals surface area contributed by atoms with Crippen molar-refractivity contribution >= 4 is 18.3 Å². The minimum atomic E-state index is -0.279. The van der Waals surface area contributed by atoms with E-state index in [0.29, 0.717) is 48.9 Å². The summed E-state index contributed by atoms with van der Waals surface area (Å²) in [5.74, 6) is 0.492. The molecule has 0 aliphatic carbocycles. The number of nitrogens with zero attached hydrogens (tertiary/aromatic N) is 3. The average Bonchev–Trinajstić information content (AvgIpc) is 3.21. The summed E-state index contributed by atoms with van der Waals surface area (Å²) in [5, 5.41) is 3.94. The van der Waals surface area contributed by atoms with Gasteiger partial charge in [-0.1, -0.05) is 35.5 Å². The number of hydrogen-bond acceptors (Lipinski definition) is 5. The smallest absolute Gasteiger partial charge is 0.227 e. The summed E-state index contributed by atoms with van der Waals surface area (Å²) < 4.78 is 18.7. The summed E-state index contributed by atoms with van der Waals surface area (Å²) in [5.41, 5.74) is 8.04. The fourth-order valence-electron chi connectivity index (χ4n) is 3.06. The van der Waals surface area contributed by atoms with Crippen LogP contribution in [0, 0.1) is 12.7 Å². The predicted molar refractivity (Wildman–Crippen MR) is 116 cm³/mol. The fourth-order valence-corrected chi connectivity index (χ4v) is 3.06. The zero-order valence-corrected chi connectivity index (χ0v) is 17.7. The maximum absolute atomic E-state index is 13.4. The number of nitrogens with two attached hydrogens (primary N) is 1. The van der Waals surface area contributed by atoms with Crippen molar-refractivity contribution in [2.75, 3.05) is 19.6 Å². The molecule has 160 valence electrons. The summed E-state index contributed by atoms with van der Waals surface area (Å²) in [6.45, 7) is 3.22. The van der Waals surface area contributed by atoms with E-state index in [1.54, 1.807) is 24.0 Å². The van der Waals surface area contributed by atoms with Gasteiger partial charge in [0.25, 0.3) is 0 Å². The number of carbonyl (C=O) groups excluding carboxylic acids is 1. The molecule has 0 unspecified atom stereocenters. The molecule has 3 aromatic rings. The molecular weight excluding hydrogens is 407 g/mol. The molecule has 2 aromatic carbocycles. The Labute approximate surface area is 181 Å². The molecule has 0 saturated carbocycles. The van der Waals surface area contributed by atoms with Gasteiger partial charge in [0, 0.05) is 38.0 Å². The molecule has 0 saturated heterocycles. The van der Waals surface area contributed by atoms with E-state index in [4.69, 9.17) is 10.3 Å². The summed E-state index contributed by atoms with van der Waals surface area (Å²) in [6, 6.07) is 14.7. The van der Waals surface area contributed by atoms with Crippen molar-refractivity contribution < 1.29 is 13.7 Å². The lowest BCUT2D eigenvalue weighted by Gasteiger charge is -2.22. The van der Waals surface area contributed by atoms with Gasteiger partial charge in [0.05, 0.1) is 0 Å². The van der Waals surface area contributed by atoms with Gasteiger partial charge < -0.3 is 15.2 Å². The Hall–Kier alpha value is -2.77. The molecule has 30 heavy (non-hydrogen) atoms. The van der Waals surface area contributed by atoms with Gasteiger partial charge in [0.2, 0.25) is 17.6 Å². The molecule has 0 fully saturated rings. The molecule has 1 amide bonds. The van der Waals surface area contributed by atoms with E-state index in [1.807, 2.05) is 30.3 Å². The van der Waals surface area contributed by atoms with Crippen LogP contribution in [0.3, 0.4) is 0 Å². The van der Waals surface area contributed by atoms with E-state index in [9.17, 15) is 9.18 Å². The quantitative estimate of drug-likeness (QED) is 0.558. The Bertz CT molecular complexity index is 949. The molecule has 1 aromatic heterocycles. The lowest BCUT2D eigenvalue weighted by atomic mass is 10.1. The van der Waals surface area contributed by atoms with Crippen molar-refractivity contribution in [1.82, 2.24) is 15.0 Å². The Balaban J connectivity index is 0.00000320. The molecule has 1 heterocycles. The molecule has 0 radical (unpaired) electrons. The predicted octanol–water partition coefficient (Wildman–Crippen LogP) is 3.57. The molecule has 0 aliphatic rings. The van der Waals surface area contributed by atoms with Gasteiger partial charge in [-0.25, -0.2) is 4.39 Å². The summed E-state index contributed by atoms with van der Waals surface area (Å²) in [7, 11) is 0. The normalized spacial score (nSPS) is 10.5. The van der Waals surface area contributed by atoms with Crippen molar-refractivity contribution in [2.45, 2.75) is 26.2 Å². The number of aromatic nitrogens is 2. The highest BCUT2D eigenvalue weighted by atomic mass is 35.5. The van der Waals surface area contributed by atoms with Crippen LogP contribution in [0.1, 0.15) is 23.4 Å². The minimum Gasteiger partial charge on any atom is -0.341 e. The maximum atomic E-state index is 13.4. The van der Waals surface area contributed by atoms with Crippen LogP contribution in [-0.2, 0) is 17.6 Å². The SMILES string of the molecule is Cc1cc(-c2noc(CCC(=O)N(CCN)CCc3ccccc3)n2)ccc1F.Cl. The lowest BCUT2D eigenvalue weighted by molar-refractivity contribution is -0.131. The van der Waals surface area contributed by atoms with Crippen LogP contribution in [-0.4, -0.2) is 40.6 Å². The Morgan fingerprint density at radius 1 is 1.13 bits per heavy atom. The van der Waals surface area contributed by atoms with Crippen LogP contribution >= 0.6 is 12.4 Å². The highest BCUT2D eigenvalue weighted by Gasteiger charge is 2.16. The third-order valence-corrected chi connectivity index (χ3v) is 4.70. The molecule has 0 atom stereocenters. The third kappa shape index (κ3) is 6.37. The Kier molecular flexibility index (Phi) is 8.95. The van der Waals surface area contributed by atoms with Gasteiger partial charge in [0.1, 0.15) is 5.82 Å². The highest BCUT2D eigenvalue weighted by molar-refractivity contribution is 5.85. The minimum absolute atomic E-state index is 0. The van der Waals surface area contributed by atoms with Gasteiger partial charge in [-0.2, -0.15) is 4.98 Å². The number of aryl methyl sites for hydroxylation is 2. The zero-order chi connectivity index (χ0) is 20.6. The second-order valence-electron chi connectivity index (χ2n) is 6.88. The largest absolute Gasteiger partial charge is 0.341 e. The van der Waals surface area contributed by atoms with E-state index in [2.05, 4.69) is 10.1 Å². The molecule has 0 bridgehead atoms. The number of rotatable bonds is 9. The Morgan fingerprint density at radius 3 is 2.60 bits per heavy atom. The van der Waals surface area contributed by atoms with Crippen LogP contribution in [0.4, 0.5) is 4.39 Å². The highest BCUT2D eigenvalue weighted by Crippen LogP contribution is 2.19. The van der Waals surface area contributed by atoms with Crippen molar-refractivity contribution in [3.63, 3.8) is 0 Å². The number of hydrogen-bond donors (Lipinski definition) is 1.